The lowest BCUT2D eigenvalue weighted by atomic mass is 10.2. The Morgan fingerprint density at radius 3 is 2.00 bits per heavy atom. The first-order valence-corrected chi connectivity index (χ1v) is 3.23. The van der Waals surface area contributed by atoms with E-state index in [1.807, 2.05) is 13.8 Å². The van der Waals surface area contributed by atoms with Crippen molar-refractivity contribution in [3.63, 3.8) is 0 Å². The monoisotopic (exact) mass is 140 g/mol. The number of hydrogen-bond acceptors (Lipinski definition) is 1. The number of aliphatic hydroxyl groups is 1. The summed E-state index contributed by atoms with van der Waals surface area (Å²) in [4.78, 5) is 0. The quantitative estimate of drug-likeness (QED) is 0.355. The smallest absolute Gasteiger partial charge is 0.113 e. The van der Waals surface area contributed by atoms with Gasteiger partial charge >= 0.3 is 0 Å². The molecule has 1 heteroatoms. The van der Waals surface area contributed by atoms with Crippen LogP contribution < -0.4 is 0 Å². The van der Waals surface area contributed by atoms with Crippen molar-refractivity contribution in [3.05, 3.63) is 37.1 Å². The van der Waals surface area contributed by atoms with Crippen LogP contribution in [0.2, 0.25) is 0 Å². The van der Waals surface area contributed by atoms with Crippen LogP contribution in [0.4, 0.5) is 0 Å². The highest BCUT2D eigenvalue weighted by Gasteiger charge is 1.88. The molecule has 0 aromatic rings. The van der Waals surface area contributed by atoms with Crippen LogP contribution in [0.3, 0.4) is 0 Å². The molecule has 1 nitrogen and oxygen atoms in total. The van der Waals surface area contributed by atoms with Crippen LogP contribution in [0.25, 0.3) is 0 Å². The van der Waals surface area contributed by atoms with E-state index in [9.17, 15) is 0 Å². The van der Waals surface area contributed by atoms with Gasteiger partial charge in [-0.2, -0.15) is 0 Å². The second kappa shape index (κ2) is 8.02. The van der Waals surface area contributed by atoms with Gasteiger partial charge in [0.2, 0.25) is 0 Å². The van der Waals surface area contributed by atoms with Crippen molar-refractivity contribution in [1.29, 1.82) is 0 Å². The largest absolute Gasteiger partial charge is 0.508 e. The third kappa shape index (κ3) is 5.16. The van der Waals surface area contributed by atoms with E-state index in [2.05, 4.69) is 19.7 Å². The minimum absolute atomic E-state index is 0.313. The van der Waals surface area contributed by atoms with Gasteiger partial charge in [0, 0.05) is 0 Å². The lowest BCUT2D eigenvalue weighted by molar-refractivity contribution is 0.424. The normalized spacial score (nSPS) is 10.6. The first kappa shape index (κ1) is 11.8. The third-order valence-electron chi connectivity index (χ3n) is 1.16. The molecule has 0 rings (SSSR count). The second-order valence-electron chi connectivity index (χ2n) is 1.72. The predicted octanol–water partition coefficient (Wildman–Crippen LogP) is 3.22. The van der Waals surface area contributed by atoms with Crippen LogP contribution >= 0.6 is 0 Å². The van der Waals surface area contributed by atoms with Gasteiger partial charge in [0.05, 0.1) is 0 Å². The van der Waals surface area contributed by atoms with Crippen molar-refractivity contribution in [2.45, 2.75) is 20.3 Å². The van der Waals surface area contributed by atoms with Gasteiger partial charge in [-0.05, 0) is 25.0 Å². The fourth-order valence-corrected chi connectivity index (χ4v) is 0.355. The zero-order valence-electron chi connectivity index (χ0n) is 6.85. The van der Waals surface area contributed by atoms with Crippen LogP contribution in [0.15, 0.2) is 37.1 Å². The Labute approximate surface area is 63.4 Å². The van der Waals surface area contributed by atoms with Gasteiger partial charge in [-0.25, -0.2) is 0 Å². The maximum Gasteiger partial charge on any atom is 0.113 e. The minimum atomic E-state index is 0.313. The molecule has 0 bridgehead atoms. The Kier molecular flexibility index (Phi) is 9.44. The van der Waals surface area contributed by atoms with Gasteiger partial charge in [0.1, 0.15) is 5.76 Å². The summed E-state index contributed by atoms with van der Waals surface area (Å²) in [6, 6.07) is 0. The summed E-state index contributed by atoms with van der Waals surface area (Å²) >= 11 is 0. The molecule has 0 atom stereocenters. The molecule has 0 aliphatic heterocycles. The summed E-state index contributed by atoms with van der Waals surface area (Å²) in [5.74, 6) is 0.313. The molecule has 0 aromatic heterocycles. The Bertz CT molecular complexity index is 123. The average Bonchev–Trinajstić information content (AvgIpc) is 2.05. The molecular weight excluding hydrogens is 124 g/mol. The number of allylic oxidation sites excluding steroid dienone is 2. The van der Waals surface area contributed by atoms with Crippen LogP contribution in [0, 0.1) is 0 Å². The highest BCUT2D eigenvalue weighted by Crippen LogP contribution is 2.03. The predicted molar refractivity (Wildman–Crippen MR) is 47.1 cm³/mol. The molecule has 0 radical (unpaired) electrons. The molecule has 0 saturated carbocycles. The molecule has 0 unspecified atom stereocenters. The van der Waals surface area contributed by atoms with E-state index in [4.69, 9.17) is 5.11 Å². The van der Waals surface area contributed by atoms with Crippen molar-refractivity contribution in [1.82, 2.24) is 0 Å². The lowest BCUT2D eigenvalue weighted by Gasteiger charge is -1.94. The Hall–Kier alpha value is -0.980. The van der Waals surface area contributed by atoms with Crippen LogP contribution in [0.5, 0.6) is 0 Å². The molecule has 0 aliphatic rings. The number of hydrogen-bond donors (Lipinski definition) is 1. The van der Waals surface area contributed by atoms with Crippen LogP contribution in [-0.4, -0.2) is 5.11 Å². The van der Waals surface area contributed by atoms with Gasteiger partial charge in [-0.3, -0.25) is 0 Å². The zero-order chi connectivity index (χ0) is 8.57. The van der Waals surface area contributed by atoms with Crippen molar-refractivity contribution >= 4 is 0 Å². The van der Waals surface area contributed by atoms with Crippen LogP contribution in [-0.2, 0) is 0 Å². The molecule has 10 heavy (non-hydrogen) atoms. The summed E-state index contributed by atoms with van der Waals surface area (Å²) in [5.41, 5.74) is 0.986. The molecule has 0 heterocycles. The summed E-state index contributed by atoms with van der Waals surface area (Å²) in [7, 11) is 0. The molecule has 0 amide bonds. The van der Waals surface area contributed by atoms with Crippen molar-refractivity contribution in [2.75, 3.05) is 0 Å². The Balaban J connectivity index is 0. The fourth-order valence-electron chi connectivity index (χ4n) is 0.355. The summed E-state index contributed by atoms with van der Waals surface area (Å²) in [5, 5.41) is 8.89. The topological polar surface area (TPSA) is 20.2 Å². The van der Waals surface area contributed by atoms with E-state index < -0.39 is 0 Å². The fraction of sp³-hybridized carbons (Fsp3) is 0.333. The van der Waals surface area contributed by atoms with Crippen molar-refractivity contribution < 1.29 is 5.11 Å². The first-order valence-electron chi connectivity index (χ1n) is 3.23. The Morgan fingerprint density at radius 2 is 1.90 bits per heavy atom. The van der Waals surface area contributed by atoms with E-state index in [1.165, 1.54) is 6.08 Å². The summed E-state index contributed by atoms with van der Waals surface area (Å²) in [6.45, 7) is 13.3. The summed E-state index contributed by atoms with van der Waals surface area (Å²) < 4.78 is 0. The van der Waals surface area contributed by atoms with Gasteiger partial charge in [-0.1, -0.05) is 13.5 Å². The molecule has 0 saturated heterocycles. The first-order chi connectivity index (χ1) is 4.72. The maximum atomic E-state index is 8.89. The van der Waals surface area contributed by atoms with Gasteiger partial charge in [-0.15, -0.1) is 13.2 Å². The third-order valence-corrected chi connectivity index (χ3v) is 1.16. The van der Waals surface area contributed by atoms with E-state index in [-0.39, 0.29) is 0 Å². The SMILES string of the molecule is C=C.C=C/C(O)=C(\C)CC. The van der Waals surface area contributed by atoms with Gasteiger partial charge < -0.3 is 5.11 Å². The minimum Gasteiger partial charge on any atom is -0.508 e. The number of rotatable bonds is 2. The van der Waals surface area contributed by atoms with E-state index in [0.29, 0.717) is 5.76 Å². The van der Waals surface area contributed by atoms with E-state index in [1.54, 1.807) is 0 Å². The highest BCUT2D eigenvalue weighted by molar-refractivity contribution is 5.14. The van der Waals surface area contributed by atoms with Crippen molar-refractivity contribution in [2.24, 2.45) is 0 Å². The van der Waals surface area contributed by atoms with Gasteiger partial charge in [0.15, 0.2) is 0 Å². The summed E-state index contributed by atoms with van der Waals surface area (Å²) in [6.07, 6.45) is 2.34. The second-order valence-corrected chi connectivity index (χ2v) is 1.72. The van der Waals surface area contributed by atoms with Crippen molar-refractivity contribution in [3.8, 4) is 0 Å². The Morgan fingerprint density at radius 1 is 1.50 bits per heavy atom. The van der Waals surface area contributed by atoms with Crippen LogP contribution in [0.1, 0.15) is 20.3 Å². The van der Waals surface area contributed by atoms with Gasteiger partial charge in [0.25, 0.3) is 0 Å². The molecule has 0 aromatic carbocycles. The maximum absolute atomic E-state index is 8.89. The molecule has 0 spiro atoms. The zero-order valence-corrected chi connectivity index (χ0v) is 6.85. The van der Waals surface area contributed by atoms with E-state index >= 15 is 0 Å². The lowest BCUT2D eigenvalue weighted by Crippen LogP contribution is -1.79. The molecular formula is C9H16O. The molecule has 0 fully saturated rings. The average molecular weight is 140 g/mol. The highest BCUT2D eigenvalue weighted by atomic mass is 16.3. The standard InChI is InChI=1S/C7H12O.C2H4/c1-4-6(3)7(8)5-2;1-2/h5,8H,2,4H2,1,3H3;1-2H2/b7-6-;. The molecule has 0 aliphatic carbocycles. The molecule has 1 N–H and O–H groups in total. The number of aliphatic hydroxyl groups excluding tert-OH is 1. The molecule has 58 valence electrons. The van der Waals surface area contributed by atoms with E-state index in [0.717, 1.165) is 12.0 Å².